The molecular weight excluding hydrogens is 232 g/mol. The van der Waals surface area contributed by atoms with Gasteiger partial charge in [-0.15, -0.1) is 5.53 Å². The quantitative estimate of drug-likeness (QED) is 0.583. The number of nitrogens with zero attached hydrogens (tertiary/aromatic N) is 4. The van der Waals surface area contributed by atoms with Crippen LogP contribution < -0.4 is 10.9 Å². The van der Waals surface area contributed by atoms with E-state index in [4.69, 9.17) is 4.94 Å². The smallest absolute Gasteiger partial charge is 0.105 e. The maximum Gasteiger partial charge on any atom is 0.105 e. The van der Waals surface area contributed by atoms with Crippen LogP contribution in [0.25, 0.3) is 0 Å². The number of nitrogens with one attached hydrogen (secondary N) is 2. The molecule has 2 fully saturated rings. The lowest BCUT2D eigenvalue weighted by Crippen LogP contribution is -2.67. The zero-order chi connectivity index (χ0) is 13.0. The second-order valence-corrected chi connectivity index (χ2v) is 4.95. The van der Waals surface area contributed by atoms with Crippen LogP contribution in [0.1, 0.15) is 26.2 Å². The highest BCUT2D eigenvalue weighted by Crippen LogP contribution is 2.11. The van der Waals surface area contributed by atoms with Crippen LogP contribution in [0.5, 0.6) is 0 Å². The van der Waals surface area contributed by atoms with Gasteiger partial charge in [0, 0.05) is 33.7 Å². The molecule has 0 radical (unpaired) electrons. The Bertz CT molecular complexity index is 246. The van der Waals surface area contributed by atoms with Gasteiger partial charge in [-0.05, 0) is 25.8 Å². The molecule has 0 amide bonds. The van der Waals surface area contributed by atoms with E-state index in [9.17, 15) is 0 Å². The summed E-state index contributed by atoms with van der Waals surface area (Å²) in [4.78, 5) is 5.81. The first-order valence-electron chi connectivity index (χ1n) is 6.87. The van der Waals surface area contributed by atoms with Gasteiger partial charge in [0.1, 0.15) is 6.17 Å². The Morgan fingerprint density at radius 3 is 2.56 bits per heavy atom. The molecule has 2 aliphatic heterocycles. The van der Waals surface area contributed by atoms with Gasteiger partial charge in [0.05, 0.1) is 0 Å². The number of rotatable bonds is 8. The predicted octanol–water partition coefficient (Wildman–Crippen LogP) is -0.232. The molecule has 2 aliphatic rings. The minimum Gasteiger partial charge on any atom is -0.298 e. The van der Waals surface area contributed by atoms with Gasteiger partial charge in [-0.3, -0.25) is 5.32 Å². The largest absolute Gasteiger partial charge is 0.298 e. The third kappa shape index (κ3) is 3.61. The highest BCUT2D eigenvalue weighted by atomic mass is 16.9. The van der Waals surface area contributed by atoms with E-state index in [-0.39, 0.29) is 6.17 Å². The zero-order valence-corrected chi connectivity index (χ0v) is 11.7. The van der Waals surface area contributed by atoms with Crippen LogP contribution in [0, 0.1) is 0 Å². The highest BCUT2D eigenvalue weighted by Gasteiger charge is 2.29. The summed E-state index contributed by atoms with van der Waals surface area (Å²) < 4.78 is 0. The average Bonchev–Trinajstić information content (AvgIpc) is 2.11. The Kier molecular flexibility index (Phi) is 5.31. The molecule has 106 valence electrons. The summed E-state index contributed by atoms with van der Waals surface area (Å²) in [5.41, 5.74) is 3.28. The van der Waals surface area contributed by atoms with Crippen LogP contribution in [0.4, 0.5) is 0 Å². The number of hydrogen-bond acceptors (Lipinski definition) is 7. The standard InChI is InChI=1S/C11H26N6O/c1-4-8-14(2)18-17(11-6-7-12-11)13-15(3)16-9-5-10-16/h11-13H,4-10H2,1-3H3. The summed E-state index contributed by atoms with van der Waals surface area (Å²) in [7, 11) is 3.98. The van der Waals surface area contributed by atoms with Crippen molar-refractivity contribution in [1.82, 2.24) is 31.2 Å². The summed E-state index contributed by atoms with van der Waals surface area (Å²) >= 11 is 0. The fourth-order valence-corrected chi connectivity index (χ4v) is 1.93. The van der Waals surface area contributed by atoms with E-state index >= 15 is 0 Å². The van der Waals surface area contributed by atoms with Crippen molar-refractivity contribution in [3.05, 3.63) is 0 Å². The maximum absolute atomic E-state index is 5.81. The van der Waals surface area contributed by atoms with E-state index in [1.54, 1.807) is 5.17 Å². The summed E-state index contributed by atoms with van der Waals surface area (Å²) in [5.74, 6) is 0. The monoisotopic (exact) mass is 258 g/mol. The van der Waals surface area contributed by atoms with Gasteiger partial charge in [-0.2, -0.15) is 15.1 Å². The first-order chi connectivity index (χ1) is 8.70. The molecule has 0 spiro atoms. The summed E-state index contributed by atoms with van der Waals surface area (Å²) in [6, 6.07) is 0. The van der Waals surface area contributed by atoms with E-state index in [1.807, 2.05) is 24.3 Å². The molecule has 2 rings (SSSR count). The third-order valence-corrected chi connectivity index (χ3v) is 3.35. The van der Waals surface area contributed by atoms with Crippen molar-refractivity contribution in [2.75, 3.05) is 40.3 Å². The molecule has 0 saturated carbocycles. The van der Waals surface area contributed by atoms with E-state index in [2.05, 4.69) is 22.8 Å². The van der Waals surface area contributed by atoms with Crippen molar-refractivity contribution < 1.29 is 4.94 Å². The molecular formula is C11H26N6O. The van der Waals surface area contributed by atoms with Crippen LogP contribution in [0.2, 0.25) is 0 Å². The van der Waals surface area contributed by atoms with Crippen LogP contribution >= 0.6 is 0 Å². The van der Waals surface area contributed by atoms with Crippen LogP contribution in [0.3, 0.4) is 0 Å². The van der Waals surface area contributed by atoms with Gasteiger partial charge in [0.2, 0.25) is 0 Å². The van der Waals surface area contributed by atoms with Crippen molar-refractivity contribution in [1.29, 1.82) is 0 Å². The second-order valence-electron chi connectivity index (χ2n) is 4.95. The molecule has 0 aromatic heterocycles. The molecule has 0 aromatic carbocycles. The molecule has 1 unspecified atom stereocenters. The average molecular weight is 258 g/mol. The predicted molar refractivity (Wildman–Crippen MR) is 69.3 cm³/mol. The first-order valence-corrected chi connectivity index (χ1v) is 6.87. The van der Waals surface area contributed by atoms with Crippen molar-refractivity contribution >= 4 is 0 Å². The minimum absolute atomic E-state index is 0.244. The molecule has 0 aliphatic carbocycles. The van der Waals surface area contributed by atoms with Gasteiger partial charge in [-0.25, -0.2) is 5.01 Å². The molecule has 2 saturated heterocycles. The van der Waals surface area contributed by atoms with E-state index in [1.165, 1.54) is 6.42 Å². The van der Waals surface area contributed by atoms with Crippen LogP contribution in [-0.4, -0.2) is 66.8 Å². The topological polar surface area (TPSA) is 46.3 Å². The Morgan fingerprint density at radius 1 is 1.39 bits per heavy atom. The van der Waals surface area contributed by atoms with E-state index < -0.39 is 0 Å². The number of hydrogen-bond donors (Lipinski definition) is 2. The summed E-state index contributed by atoms with van der Waals surface area (Å²) in [6.45, 7) is 6.33. The minimum atomic E-state index is 0.244. The maximum atomic E-state index is 5.81. The van der Waals surface area contributed by atoms with Gasteiger partial charge >= 0.3 is 0 Å². The summed E-state index contributed by atoms with van der Waals surface area (Å²) in [6.07, 6.45) is 3.68. The van der Waals surface area contributed by atoms with Gasteiger partial charge in [-0.1, -0.05) is 12.1 Å². The number of hydrazine groups is 3. The van der Waals surface area contributed by atoms with Crippen LogP contribution in [-0.2, 0) is 4.94 Å². The Balaban J connectivity index is 1.79. The lowest BCUT2D eigenvalue weighted by atomic mass is 10.2. The van der Waals surface area contributed by atoms with E-state index in [0.717, 1.165) is 39.0 Å². The fraction of sp³-hybridized carbons (Fsp3) is 1.00. The van der Waals surface area contributed by atoms with Crippen LogP contribution in [0.15, 0.2) is 0 Å². The summed E-state index contributed by atoms with van der Waals surface area (Å²) in [5, 5.41) is 11.2. The van der Waals surface area contributed by atoms with Crippen molar-refractivity contribution in [2.45, 2.75) is 32.4 Å². The van der Waals surface area contributed by atoms with Crippen molar-refractivity contribution in [3.8, 4) is 0 Å². The Labute approximate surface area is 109 Å². The highest BCUT2D eigenvalue weighted by molar-refractivity contribution is 4.72. The molecule has 0 aromatic rings. The Hall–Kier alpha value is -0.280. The van der Waals surface area contributed by atoms with Gasteiger partial charge < -0.3 is 0 Å². The molecule has 2 heterocycles. The first kappa shape index (κ1) is 14.1. The second kappa shape index (κ2) is 6.76. The fourth-order valence-electron chi connectivity index (χ4n) is 1.93. The third-order valence-electron chi connectivity index (χ3n) is 3.35. The van der Waals surface area contributed by atoms with Crippen molar-refractivity contribution in [3.63, 3.8) is 0 Å². The van der Waals surface area contributed by atoms with E-state index in [0.29, 0.717) is 0 Å². The van der Waals surface area contributed by atoms with Gasteiger partial charge in [0.15, 0.2) is 0 Å². The Morgan fingerprint density at radius 2 is 2.11 bits per heavy atom. The lowest BCUT2D eigenvalue weighted by Gasteiger charge is -2.44. The SMILES string of the molecule is CCCN(C)ON(NN(C)N1CCC1)C1CCN1. The lowest BCUT2D eigenvalue weighted by molar-refractivity contribution is -0.393. The normalized spacial score (nSPS) is 24.7. The molecule has 1 atom stereocenters. The van der Waals surface area contributed by atoms with Gasteiger partial charge in [0.25, 0.3) is 0 Å². The molecule has 0 bridgehead atoms. The molecule has 7 nitrogen and oxygen atoms in total. The molecule has 7 heteroatoms. The molecule has 2 N–H and O–H groups in total. The van der Waals surface area contributed by atoms with Crippen molar-refractivity contribution in [2.24, 2.45) is 0 Å². The molecule has 18 heavy (non-hydrogen) atoms. The number of hydroxylamine groups is 3. The zero-order valence-electron chi connectivity index (χ0n) is 11.7.